The number of ether oxygens (including phenoxy) is 1. The second kappa shape index (κ2) is 9.27. The zero-order valence-corrected chi connectivity index (χ0v) is 18.3. The van der Waals surface area contributed by atoms with Crippen molar-refractivity contribution in [3.05, 3.63) is 51.5 Å². The second-order valence-corrected chi connectivity index (χ2v) is 8.06. The number of hydrogen-bond donors (Lipinski definition) is 2. The average Bonchev–Trinajstić information content (AvgIpc) is 3.25. The number of hydrogen-bond acceptors (Lipinski definition) is 6. The van der Waals surface area contributed by atoms with Crippen molar-refractivity contribution in [3.63, 3.8) is 0 Å². The van der Waals surface area contributed by atoms with Crippen LogP contribution >= 0.6 is 22.9 Å². The normalized spacial score (nSPS) is 11.9. The first kappa shape index (κ1) is 21.8. The van der Waals surface area contributed by atoms with Crippen LogP contribution in [0.25, 0.3) is 10.2 Å². The van der Waals surface area contributed by atoms with Gasteiger partial charge in [-0.1, -0.05) is 23.7 Å². The first-order valence-electron chi connectivity index (χ1n) is 9.29. The van der Waals surface area contributed by atoms with Crippen molar-refractivity contribution in [3.8, 4) is 0 Å². The fourth-order valence-electron chi connectivity index (χ4n) is 2.77. The van der Waals surface area contributed by atoms with Crippen molar-refractivity contribution in [1.82, 2.24) is 20.4 Å². The quantitative estimate of drug-likeness (QED) is 0.562. The monoisotopic (exact) mass is 448 g/mol. The van der Waals surface area contributed by atoms with Crippen LogP contribution in [0.1, 0.15) is 34.8 Å². The van der Waals surface area contributed by atoms with Crippen molar-refractivity contribution in [2.24, 2.45) is 0 Å². The highest BCUT2D eigenvalue weighted by Crippen LogP contribution is 2.29. The van der Waals surface area contributed by atoms with E-state index in [4.69, 9.17) is 16.3 Å². The Morgan fingerprint density at radius 2 is 1.97 bits per heavy atom. The predicted octanol–water partition coefficient (Wildman–Crippen LogP) is 3.50. The molecule has 30 heavy (non-hydrogen) atoms. The first-order chi connectivity index (χ1) is 14.3. The molecule has 2 aromatic heterocycles. The lowest BCUT2D eigenvalue weighted by atomic mass is 10.2. The van der Waals surface area contributed by atoms with Gasteiger partial charge in [0.15, 0.2) is 6.10 Å². The zero-order chi connectivity index (χ0) is 21.8. The summed E-state index contributed by atoms with van der Waals surface area (Å²) in [6.07, 6.45) is -1.11. The fraction of sp³-hybridized carbons (Fsp3) is 0.300. The highest BCUT2D eigenvalue weighted by atomic mass is 35.5. The van der Waals surface area contributed by atoms with Gasteiger partial charge in [-0.25, -0.2) is 9.59 Å². The summed E-state index contributed by atoms with van der Waals surface area (Å²) in [5, 5.41) is 10.6. The van der Waals surface area contributed by atoms with Crippen molar-refractivity contribution in [2.75, 3.05) is 6.54 Å². The van der Waals surface area contributed by atoms with Gasteiger partial charge < -0.3 is 10.1 Å². The summed E-state index contributed by atoms with van der Waals surface area (Å²) >= 11 is 7.18. The molecule has 1 aromatic carbocycles. The van der Waals surface area contributed by atoms with Gasteiger partial charge in [-0.3, -0.25) is 14.8 Å². The van der Waals surface area contributed by atoms with E-state index in [2.05, 4.69) is 15.7 Å². The fourth-order valence-corrected chi connectivity index (χ4v) is 3.94. The summed E-state index contributed by atoms with van der Waals surface area (Å²) in [7, 11) is 0. The number of esters is 1. The van der Waals surface area contributed by atoms with Gasteiger partial charge in [0, 0.05) is 17.0 Å². The standard InChI is InChI=1S/C20H21ClN4O4S/c1-4-22-20(28)23-17(26)12(3)29-19(27)16-9-15-11(2)24-25(18(15)30-16)10-13-5-7-14(21)8-6-13/h5-9,12H,4,10H2,1-3H3,(H2,22,23,26,28)/t12-/m0/s1. The number of rotatable bonds is 6. The first-order valence-corrected chi connectivity index (χ1v) is 10.5. The lowest BCUT2D eigenvalue weighted by Gasteiger charge is -2.12. The maximum atomic E-state index is 12.5. The number of nitrogens with one attached hydrogen (secondary N) is 2. The minimum Gasteiger partial charge on any atom is -0.448 e. The molecule has 10 heteroatoms. The van der Waals surface area contributed by atoms with Gasteiger partial charge in [-0.2, -0.15) is 5.10 Å². The van der Waals surface area contributed by atoms with Crippen molar-refractivity contribution in [2.45, 2.75) is 33.4 Å². The molecule has 0 radical (unpaired) electrons. The third kappa shape index (κ3) is 4.98. The maximum absolute atomic E-state index is 12.5. The van der Waals surface area contributed by atoms with Crippen LogP contribution in [0.5, 0.6) is 0 Å². The number of carbonyl (C=O) groups excluding carboxylic acids is 3. The summed E-state index contributed by atoms with van der Waals surface area (Å²) in [4.78, 5) is 37.1. The van der Waals surface area contributed by atoms with E-state index < -0.39 is 24.0 Å². The molecular formula is C20H21ClN4O4S. The van der Waals surface area contributed by atoms with Gasteiger partial charge in [0.2, 0.25) is 0 Å². The Hall–Kier alpha value is -2.91. The van der Waals surface area contributed by atoms with E-state index in [1.54, 1.807) is 13.0 Å². The SMILES string of the molecule is CCNC(=O)NC(=O)[C@H](C)OC(=O)c1cc2c(C)nn(Cc3ccc(Cl)cc3)c2s1. The highest BCUT2D eigenvalue weighted by molar-refractivity contribution is 7.20. The number of urea groups is 1. The van der Waals surface area contributed by atoms with Gasteiger partial charge in [0.25, 0.3) is 5.91 Å². The van der Waals surface area contributed by atoms with E-state index in [-0.39, 0.29) is 0 Å². The number of carbonyl (C=O) groups is 3. The molecule has 0 aliphatic heterocycles. The number of nitrogens with zero attached hydrogens (tertiary/aromatic N) is 2. The Morgan fingerprint density at radius 1 is 1.27 bits per heavy atom. The summed E-state index contributed by atoms with van der Waals surface area (Å²) in [5.41, 5.74) is 1.81. The average molecular weight is 449 g/mol. The number of amides is 3. The molecule has 0 spiro atoms. The second-order valence-electron chi connectivity index (χ2n) is 6.60. The van der Waals surface area contributed by atoms with E-state index in [0.29, 0.717) is 23.0 Å². The van der Waals surface area contributed by atoms with E-state index in [9.17, 15) is 14.4 Å². The third-order valence-electron chi connectivity index (χ3n) is 4.28. The summed E-state index contributed by atoms with van der Waals surface area (Å²) in [6.45, 7) is 5.91. The Bertz CT molecular complexity index is 1090. The number of fused-ring (bicyclic) bond motifs is 1. The molecule has 0 unspecified atom stereocenters. The third-order valence-corrected chi connectivity index (χ3v) is 5.66. The van der Waals surface area contributed by atoms with Crippen LogP contribution in [0, 0.1) is 6.92 Å². The molecule has 0 bridgehead atoms. The maximum Gasteiger partial charge on any atom is 0.349 e. The largest absolute Gasteiger partial charge is 0.448 e. The minimum atomic E-state index is -1.11. The van der Waals surface area contributed by atoms with E-state index in [0.717, 1.165) is 21.5 Å². The molecule has 2 N–H and O–H groups in total. The molecule has 3 rings (SSSR count). The van der Waals surface area contributed by atoms with Crippen LogP contribution in [0.3, 0.4) is 0 Å². The van der Waals surface area contributed by atoms with Crippen molar-refractivity contribution in [1.29, 1.82) is 0 Å². The van der Waals surface area contributed by atoms with Crippen LogP contribution in [-0.4, -0.2) is 40.3 Å². The number of halogens is 1. The Kier molecular flexibility index (Phi) is 6.73. The van der Waals surface area contributed by atoms with Gasteiger partial charge in [-0.15, -0.1) is 11.3 Å². The minimum absolute atomic E-state index is 0.355. The number of aromatic nitrogens is 2. The molecule has 0 saturated carbocycles. The summed E-state index contributed by atoms with van der Waals surface area (Å²) < 4.78 is 7.04. The van der Waals surface area contributed by atoms with E-state index in [1.807, 2.05) is 35.9 Å². The number of aryl methyl sites for hydroxylation is 1. The number of thiophene rings is 1. The number of benzene rings is 1. The topological polar surface area (TPSA) is 102 Å². The van der Waals surface area contributed by atoms with Crippen LogP contribution < -0.4 is 10.6 Å². The van der Waals surface area contributed by atoms with Crippen molar-refractivity contribution >= 4 is 51.1 Å². The van der Waals surface area contributed by atoms with Gasteiger partial charge >= 0.3 is 12.0 Å². The van der Waals surface area contributed by atoms with E-state index in [1.165, 1.54) is 18.3 Å². The summed E-state index contributed by atoms with van der Waals surface area (Å²) in [6, 6.07) is 8.54. The summed E-state index contributed by atoms with van der Waals surface area (Å²) in [5.74, 6) is -1.33. The molecule has 8 nitrogen and oxygen atoms in total. The Labute approximate surface area is 182 Å². The smallest absolute Gasteiger partial charge is 0.349 e. The molecular weight excluding hydrogens is 428 g/mol. The highest BCUT2D eigenvalue weighted by Gasteiger charge is 2.23. The molecule has 0 saturated heterocycles. The Morgan fingerprint density at radius 3 is 2.63 bits per heavy atom. The van der Waals surface area contributed by atoms with Crippen LogP contribution in [-0.2, 0) is 16.1 Å². The van der Waals surface area contributed by atoms with Gasteiger partial charge in [0.1, 0.15) is 9.71 Å². The van der Waals surface area contributed by atoms with Gasteiger partial charge in [0.05, 0.1) is 12.2 Å². The molecule has 0 aliphatic rings. The molecule has 2 heterocycles. The lowest BCUT2D eigenvalue weighted by molar-refractivity contribution is -0.127. The Balaban J connectivity index is 1.73. The predicted molar refractivity (Wildman–Crippen MR) is 115 cm³/mol. The van der Waals surface area contributed by atoms with Crippen LogP contribution in [0.15, 0.2) is 30.3 Å². The van der Waals surface area contributed by atoms with Gasteiger partial charge in [-0.05, 0) is 44.5 Å². The molecule has 0 aliphatic carbocycles. The zero-order valence-electron chi connectivity index (χ0n) is 16.7. The molecule has 158 valence electrons. The molecule has 3 aromatic rings. The molecule has 3 amide bonds. The van der Waals surface area contributed by atoms with Crippen LogP contribution in [0.2, 0.25) is 5.02 Å². The molecule has 0 fully saturated rings. The van der Waals surface area contributed by atoms with Crippen molar-refractivity contribution < 1.29 is 19.1 Å². The number of imide groups is 1. The lowest BCUT2D eigenvalue weighted by Crippen LogP contribution is -2.44. The van der Waals surface area contributed by atoms with E-state index >= 15 is 0 Å². The molecule has 1 atom stereocenters. The van der Waals surface area contributed by atoms with Crippen LogP contribution in [0.4, 0.5) is 4.79 Å².